The Morgan fingerprint density at radius 3 is 1.72 bits per heavy atom. The SMILES string of the molecule is COCCn1cc(-c2ccc(N3CCn4c(Cc5ccc(-c6nc(C)n7c6CN(c6ccc(-c8nc(C(F)(F)F)cn8C)cc6)CC7C)c(C(C)C)n5)nc(-c5cc(Cc6nc(-c7cccnc7C(C)C)c7n6CCN(c6ccc(-c8nc(Cl)cn8C)cc6)C7)cnc5C(C)C)c4C3)cc2)cn1. The van der Waals surface area contributed by atoms with E-state index in [-0.39, 0.29) is 29.6 Å². The molecule has 1 atom stereocenters. The molecule has 1 unspecified atom stereocenters. The van der Waals surface area contributed by atoms with Crippen LogP contribution in [0.3, 0.4) is 0 Å². The summed E-state index contributed by atoms with van der Waals surface area (Å²) in [5.41, 5.74) is 20.2. The molecule has 0 spiro atoms. The number of rotatable bonds is 19. The number of methoxy groups -OCH3 is 1. The van der Waals surface area contributed by atoms with Crippen LogP contribution in [0.2, 0.25) is 5.15 Å². The van der Waals surface area contributed by atoms with E-state index in [1.807, 2.05) is 71.4 Å². The largest absolute Gasteiger partial charge is 0.434 e. The smallest absolute Gasteiger partial charge is 0.383 e. The minimum atomic E-state index is -4.53. The van der Waals surface area contributed by atoms with Gasteiger partial charge in [0.25, 0.3) is 0 Å². The number of anilines is 3. The van der Waals surface area contributed by atoms with Gasteiger partial charge in [0, 0.05) is 160 Å². The third-order valence-corrected chi connectivity index (χ3v) is 20.4. The lowest BCUT2D eigenvalue weighted by atomic mass is 9.97. The van der Waals surface area contributed by atoms with Crippen LogP contribution in [-0.2, 0) is 77.1 Å². The van der Waals surface area contributed by atoms with E-state index in [9.17, 15) is 13.2 Å². The second kappa shape index (κ2) is 27.3. The molecule has 12 heterocycles. The average molecular weight is 1390 g/mol. The van der Waals surface area contributed by atoms with Crippen LogP contribution in [0.4, 0.5) is 30.2 Å². The van der Waals surface area contributed by atoms with Crippen molar-refractivity contribution in [3.63, 3.8) is 0 Å². The molecule has 0 saturated carbocycles. The van der Waals surface area contributed by atoms with Crippen molar-refractivity contribution >= 4 is 28.7 Å². The predicted octanol–water partition coefficient (Wildman–Crippen LogP) is 15.9. The highest BCUT2D eigenvalue weighted by atomic mass is 35.5. The van der Waals surface area contributed by atoms with Crippen LogP contribution >= 0.6 is 11.6 Å². The molecule has 0 fully saturated rings. The highest BCUT2D eigenvalue weighted by molar-refractivity contribution is 6.29. The van der Waals surface area contributed by atoms with Gasteiger partial charge in [0.1, 0.15) is 34.3 Å². The van der Waals surface area contributed by atoms with Crippen LogP contribution in [0.1, 0.15) is 141 Å². The number of nitrogens with zero attached hydrogens (tertiary/aromatic N) is 18. The molecule has 0 amide bonds. The van der Waals surface area contributed by atoms with Gasteiger partial charge in [0.2, 0.25) is 0 Å². The molecule has 12 aromatic rings. The molecule has 0 aliphatic carbocycles. The molecule has 0 radical (unpaired) electrons. The van der Waals surface area contributed by atoms with Crippen molar-refractivity contribution in [1.82, 2.24) is 72.5 Å². The van der Waals surface area contributed by atoms with E-state index in [1.165, 1.54) is 4.57 Å². The molecular formula is C79H84ClF3N18O. The zero-order valence-electron chi connectivity index (χ0n) is 59.5. The summed E-state index contributed by atoms with van der Waals surface area (Å²) >= 11 is 6.32. The van der Waals surface area contributed by atoms with Crippen molar-refractivity contribution < 1.29 is 17.9 Å². The topological polar surface area (TPSA) is 165 Å². The van der Waals surface area contributed by atoms with Crippen LogP contribution in [0.15, 0.2) is 140 Å². The summed E-state index contributed by atoms with van der Waals surface area (Å²) in [6.45, 7) is 24.4. The van der Waals surface area contributed by atoms with Gasteiger partial charge in [-0.2, -0.15) is 18.3 Å². The minimum Gasteiger partial charge on any atom is -0.383 e. The minimum absolute atomic E-state index is 0.0544. The Morgan fingerprint density at radius 1 is 0.559 bits per heavy atom. The summed E-state index contributed by atoms with van der Waals surface area (Å²) in [6.07, 6.45) is 7.29. The molecule has 524 valence electrons. The van der Waals surface area contributed by atoms with Gasteiger partial charge >= 0.3 is 6.18 Å². The normalized spacial score (nSPS) is 14.8. The van der Waals surface area contributed by atoms with E-state index in [1.54, 1.807) is 14.2 Å². The zero-order valence-corrected chi connectivity index (χ0v) is 60.3. The average Bonchev–Trinajstić information content (AvgIpc) is 1.59. The van der Waals surface area contributed by atoms with Crippen molar-refractivity contribution in [2.75, 3.05) is 48.1 Å². The highest BCUT2D eigenvalue weighted by Crippen LogP contribution is 2.42. The van der Waals surface area contributed by atoms with Gasteiger partial charge in [-0.15, -0.1) is 0 Å². The molecule has 15 rings (SSSR count). The summed E-state index contributed by atoms with van der Waals surface area (Å²) in [5.74, 6) is 4.24. The number of pyridine rings is 3. The quantitative estimate of drug-likeness (QED) is 0.0752. The van der Waals surface area contributed by atoms with Crippen LogP contribution in [0, 0.1) is 6.92 Å². The van der Waals surface area contributed by atoms with Crippen LogP contribution in [0.5, 0.6) is 0 Å². The van der Waals surface area contributed by atoms with Gasteiger partial charge < -0.3 is 42.3 Å². The van der Waals surface area contributed by atoms with Gasteiger partial charge in [-0.25, -0.2) is 24.9 Å². The molecule has 23 heteroatoms. The third-order valence-electron chi connectivity index (χ3n) is 20.2. The molecule has 0 saturated heterocycles. The van der Waals surface area contributed by atoms with Gasteiger partial charge in [-0.3, -0.25) is 19.6 Å². The lowest BCUT2D eigenvalue weighted by molar-refractivity contribution is -0.140. The van der Waals surface area contributed by atoms with E-state index >= 15 is 0 Å². The summed E-state index contributed by atoms with van der Waals surface area (Å²) in [6, 6.07) is 36.0. The molecule has 102 heavy (non-hydrogen) atoms. The number of aryl methyl sites for hydroxylation is 3. The monoisotopic (exact) mass is 1390 g/mol. The summed E-state index contributed by atoms with van der Waals surface area (Å²) in [7, 11) is 5.25. The molecular weight excluding hydrogens is 1310 g/mol. The Bertz CT molecular complexity index is 5070. The van der Waals surface area contributed by atoms with E-state index in [0.29, 0.717) is 62.9 Å². The first kappa shape index (κ1) is 67.6. The van der Waals surface area contributed by atoms with E-state index in [0.717, 1.165) is 169 Å². The van der Waals surface area contributed by atoms with Gasteiger partial charge in [-0.1, -0.05) is 65.3 Å². The number of halogens is 4. The van der Waals surface area contributed by atoms with Crippen LogP contribution in [0.25, 0.3) is 67.7 Å². The molecule has 3 aromatic carbocycles. The first-order valence-corrected chi connectivity index (χ1v) is 35.6. The van der Waals surface area contributed by atoms with Crippen molar-refractivity contribution in [2.24, 2.45) is 14.1 Å². The fraction of sp³-hybridized carbons (Fsp3) is 0.354. The van der Waals surface area contributed by atoms with Crippen LogP contribution < -0.4 is 14.7 Å². The number of alkyl halides is 3. The van der Waals surface area contributed by atoms with Crippen molar-refractivity contribution in [1.29, 1.82) is 0 Å². The molecule has 19 nitrogen and oxygen atoms in total. The summed E-state index contributed by atoms with van der Waals surface area (Å²) in [4.78, 5) is 48.3. The first-order valence-electron chi connectivity index (χ1n) is 35.2. The van der Waals surface area contributed by atoms with Gasteiger partial charge in [-0.05, 0) is 134 Å². The van der Waals surface area contributed by atoms with Crippen molar-refractivity contribution in [3.05, 3.63) is 214 Å². The highest BCUT2D eigenvalue weighted by Gasteiger charge is 2.36. The van der Waals surface area contributed by atoms with Gasteiger partial charge in [0.15, 0.2) is 5.69 Å². The maximum Gasteiger partial charge on any atom is 0.434 e. The number of hydrogen-bond acceptors (Lipinski definition) is 13. The molecule has 3 aliphatic rings. The maximum absolute atomic E-state index is 13.7. The van der Waals surface area contributed by atoms with Crippen molar-refractivity contribution in [3.8, 4) is 67.7 Å². The predicted molar refractivity (Wildman–Crippen MR) is 394 cm³/mol. The van der Waals surface area contributed by atoms with E-state index < -0.39 is 11.9 Å². The number of fused-ring (bicyclic) bond motifs is 3. The maximum atomic E-state index is 13.7. The number of hydrogen-bond donors (Lipinski definition) is 0. The fourth-order valence-electron chi connectivity index (χ4n) is 15.3. The van der Waals surface area contributed by atoms with Gasteiger partial charge in [0.05, 0.1) is 90.2 Å². The molecule has 0 bridgehead atoms. The van der Waals surface area contributed by atoms with Crippen LogP contribution in [-0.4, -0.2) is 106 Å². The molecule has 9 aromatic heterocycles. The third kappa shape index (κ3) is 13.0. The number of ether oxygens (including phenoxy) is 1. The van der Waals surface area contributed by atoms with E-state index in [2.05, 4.69) is 178 Å². The number of aromatic nitrogens is 15. The number of imidazole rings is 5. The Balaban J connectivity index is 0.771. The lowest BCUT2D eigenvalue weighted by Crippen LogP contribution is -2.36. The summed E-state index contributed by atoms with van der Waals surface area (Å²) in [5, 5.41) is 5.06. The molecule has 3 aliphatic heterocycles. The van der Waals surface area contributed by atoms with Crippen molar-refractivity contribution in [2.45, 2.75) is 137 Å². The second-order valence-corrected chi connectivity index (χ2v) is 28.7. The first-order chi connectivity index (χ1) is 49.1. The Hall–Kier alpha value is -10.2. The zero-order chi connectivity index (χ0) is 71.0. The lowest BCUT2D eigenvalue weighted by Gasteiger charge is -2.35. The van der Waals surface area contributed by atoms with E-state index in [4.69, 9.17) is 46.2 Å². The Morgan fingerprint density at radius 2 is 1.12 bits per heavy atom. The summed E-state index contributed by atoms with van der Waals surface area (Å²) < 4.78 is 58.8. The Kier molecular flexibility index (Phi) is 18.1. The second-order valence-electron chi connectivity index (χ2n) is 28.3. The molecule has 0 N–H and O–H groups in total. The number of benzene rings is 3. The fourth-order valence-corrected chi connectivity index (χ4v) is 15.5. The Labute approximate surface area is 597 Å². The standard InChI is InChI=1S/C79H84ClF3N18O/c1-47(2)71-61(13-12-28-84-71)74-64-42-95(59-23-16-55(17-24-59)78-90-68(80)46-94(78)10)29-31-99(64)69(91-74)36-52-35-63(72(48(3)4)85-38-52)76-65-43-96(58-21-14-53(15-22-58)56-39-86-98(41-56)33-34-102-11)30-32-100(65)70(92-76)37-57-20-27-62(73(88-57)49(5)6)75-66-44-97(40-50(7)101(66)51(8)87-75)60-25-18-54(19-26-60)77-89-67(45-93(77)9)79(81,82)83/h12-28,35,38-39,41,45-50H,29-34,36-37,40,42-44H2,1-11H3.